The maximum atomic E-state index is 12.2. The zero-order chi connectivity index (χ0) is 15.4. The molecule has 0 unspecified atom stereocenters. The normalized spacial score (nSPS) is 10.9. The number of pyridine rings is 1. The molecule has 2 rings (SSSR count). The fraction of sp³-hybridized carbons (Fsp3) is 0.375. The second kappa shape index (κ2) is 6.43. The van der Waals surface area contributed by atoms with E-state index in [-0.39, 0.29) is 5.56 Å². The molecular formula is C16H20N2O3. The molecule has 1 heterocycles. The molecule has 1 aromatic heterocycles. The van der Waals surface area contributed by atoms with Gasteiger partial charge in [0.2, 0.25) is 5.43 Å². The molecule has 0 fully saturated rings. The third-order valence-corrected chi connectivity index (χ3v) is 3.62. The molecule has 5 nitrogen and oxygen atoms in total. The van der Waals surface area contributed by atoms with Gasteiger partial charge in [-0.1, -0.05) is 32.3 Å². The van der Waals surface area contributed by atoms with E-state index >= 15 is 0 Å². The number of nitrogens with two attached hydrogens (primary N) is 1. The fourth-order valence-electron chi connectivity index (χ4n) is 2.51. The number of carboxylic acid groups (broad SMARTS) is 1. The molecule has 0 amide bonds. The maximum Gasteiger partial charge on any atom is 0.341 e. The van der Waals surface area contributed by atoms with Crippen LogP contribution in [0.5, 0.6) is 0 Å². The third-order valence-electron chi connectivity index (χ3n) is 3.62. The van der Waals surface area contributed by atoms with E-state index in [1.54, 1.807) is 18.2 Å². The Bertz CT molecular complexity index is 719. The number of anilines is 1. The van der Waals surface area contributed by atoms with Crippen molar-refractivity contribution in [1.29, 1.82) is 0 Å². The number of nitrogens with zero attached hydrogens (tertiary/aromatic N) is 1. The van der Waals surface area contributed by atoms with Crippen molar-refractivity contribution in [3.05, 3.63) is 40.2 Å². The Morgan fingerprint density at radius 1 is 1.29 bits per heavy atom. The van der Waals surface area contributed by atoms with Crippen LogP contribution in [0.4, 0.5) is 5.69 Å². The van der Waals surface area contributed by atoms with Gasteiger partial charge in [0.15, 0.2) is 0 Å². The Morgan fingerprint density at radius 2 is 2.05 bits per heavy atom. The van der Waals surface area contributed by atoms with Crippen molar-refractivity contribution >= 4 is 22.6 Å². The van der Waals surface area contributed by atoms with Gasteiger partial charge in [-0.25, -0.2) is 4.79 Å². The van der Waals surface area contributed by atoms with Gasteiger partial charge in [0.05, 0.1) is 10.9 Å². The summed E-state index contributed by atoms with van der Waals surface area (Å²) in [6.45, 7) is 2.82. The first-order chi connectivity index (χ1) is 10.1. The van der Waals surface area contributed by atoms with E-state index in [2.05, 4.69) is 6.92 Å². The van der Waals surface area contributed by atoms with Crippen LogP contribution in [0.2, 0.25) is 0 Å². The second-order valence-corrected chi connectivity index (χ2v) is 5.17. The summed E-state index contributed by atoms with van der Waals surface area (Å²) in [5.41, 5.74) is 6.14. The number of hydrogen-bond acceptors (Lipinski definition) is 3. The lowest BCUT2D eigenvalue weighted by Gasteiger charge is -2.13. The van der Waals surface area contributed by atoms with E-state index < -0.39 is 11.4 Å². The van der Waals surface area contributed by atoms with E-state index in [0.29, 0.717) is 23.1 Å². The Labute approximate surface area is 123 Å². The molecule has 5 heteroatoms. The van der Waals surface area contributed by atoms with Crippen LogP contribution >= 0.6 is 0 Å². The highest BCUT2D eigenvalue weighted by molar-refractivity contribution is 5.97. The highest BCUT2D eigenvalue weighted by atomic mass is 16.4. The van der Waals surface area contributed by atoms with Crippen LogP contribution < -0.4 is 11.2 Å². The number of fused-ring (bicyclic) bond motifs is 1. The molecule has 0 saturated carbocycles. The summed E-state index contributed by atoms with van der Waals surface area (Å²) >= 11 is 0. The first-order valence-corrected chi connectivity index (χ1v) is 7.21. The molecule has 0 aliphatic carbocycles. The van der Waals surface area contributed by atoms with Crippen LogP contribution in [0.3, 0.4) is 0 Å². The summed E-state index contributed by atoms with van der Waals surface area (Å²) in [5.74, 6) is -1.22. The highest BCUT2D eigenvalue weighted by Gasteiger charge is 2.15. The minimum atomic E-state index is -1.22. The molecule has 0 bridgehead atoms. The molecule has 0 saturated heterocycles. The number of aromatic nitrogens is 1. The molecule has 21 heavy (non-hydrogen) atoms. The molecule has 0 radical (unpaired) electrons. The average Bonchev–Trinajstić information content (AvgIpc) is 2.45. The predicted octanol–water partition coefficient (Wildman–Crippen LogP) is 2.86. The second-order valence-electron chi connectivity index (χ2n) is 5.17. The van der Waals surface area contributed by atoms with Gasteiger partial charge in [-0.15, -0.1) is 0 Å². The topological polar surface area (TPSA) is 85.3 Å². The molecule has 0 aliphatic rings. The molecule has 0 atom stereocenters. The zero-order valence-corrected chi connectivity index (χ0v) is 12.1. The fourth-order valence-corrected chi connectivity index (χ4v) is 2.51. The Morgan fingerprint density at radius 3 is 2.71 bits per heavy atom. The molecule has 0 spiro atoms. The summed E-state index contributed by atoms with van der Waals surface area (Å²) in [4.78, 5) is 23.5. The van der Waals surface area contributed by atoms with Gasteiger partial charge in [-0.3, -0.25) is 4.79 Å². The lowest BCUT2D eigenvalue weighted by molar-refractivity contribution is 0.0695. The largest absolute Gasteiger partial charge is 0.477 e. The molecule has 2 aromatic rings. The summed E-state index contributed by atoms with van der Waals surface area (Å²) < 4.78 is 1.83. The third kappa shape index (κ3) is 3.07. The van der Waals surface area contributed by atoms with Crippen molar-refractivity contribution < 1.29 is 9.90 Å². The number of carboxylic acids is 1. The molecule has 1 aromatic carbocycles. The molecular weight excluding hydrogens is 268 g/mol. The molecule has 0 aliphatic heterocycles. The minimum absolute atomic E-state index is 0.226. The number of carbonyl (C=O) groups is 1. The smallest absolute Gasteiger partial charge is 0.341 e. The SMILES string of the molecule is CCCCCCn1cc(C(=O)O)c(=O)c2c(N)cccc21. The minimum Gasteiger partial charge on any atom is -0.477 e. The van der Waals surface area contributed by atoms with E-state index in [9.17, 15) is 14.7 Å². The lowest BCUT2D eigenvalue weighted by Crippen LogP contribution is -2.20. The van der Waals surface area contributed by atoms with Crippen molar-refractivity contribution in [2.45, 2.75) is 39.2 Å². The number of nitrogen functional groups attached to an aromatic ring is 1. The Balaban J connectivity index is 2.53. The van der Waals surface area contributed by atoms with Crippen molar-refractivity contribution in [2.75, 3.05) is 5.73 Å². The standard InChI is InChI=1S/C16H20N2O3/c1-2-3-4-5-9-18-10-11(16(20)21)15(19)14-12(17)7-6-8-13(14)18/h6-8,10H,2-5,9,17H2,1H3,(H,20,21). The van der Waals surface area contributed by atoms with Crippen LogP contribution in [0, 0.1) is 0 Å². The number of rotatable bonds is 6. The van der Waals surface area contributed by atoms with Crippen LogP contribution in [-0.4, -0.2) is 15.6 Å². The maximum absolute atomic E-state index is 12.2. The number of aromatic carboxylic acids is 1. The summed E-state index contributed by atoms with van der Waals surface area (Å²) in [6.07, 6.45) is 5.73. The van der Waals surface area contributed by atoms with Crippen LogP contribution in [-0.2, 0) is 6.54 Å². The van der Waals surface area contributed by atoms with Gasteiger partial charge >= 0.3 is 5.97 Å². The predicted molar refractivity (Wildman–Crippen MR) is 83.7 cm³/mol. The molecule has 3 N–H and O–H groups in total. The summed E-state index contributed by atoms with van der Waals surface area (Å²) in [7, 11) is 0. The van der Waals surface area contributed by atoms with Gasteiger partial charge < -0.3 is 15.4 Å². The van der Waals surface area contributed by atoms with Crippen molar-refractivity contribution in [3.8, 4) is 0 Å². The number of benzene rings is 1. The van der Waals surface area contributed by atoms with Crippen molar-refractivity contribution in [3.63, 3.8) is 0 Å². The number of hydrogen-bond donors (Lipinski definition) is 2. The Hall–Kier alpha value is -2.30. The Kier molecular flexibility index (Phi) is 4.62. The summed E-state index contributed by atoms with van der Waals surface area (Å²) in [5, 5.41) is 9.49. The van der Waals surface area contributed by atoms with Gasteiger partial charge in [0.1, 0.15) is 5.56 Å². The van der Waals surface area contributed by atoms with Gasteiger partial charge in [-0.2, -0.15) is 0 Å². The first kappa shape index (κ1) is 15.1. The van der Waals surface area contributed by atoms with Gasteiger partial charge in [-0.05, 0) is 18.6 Å². The van der Waals surface area contributed by atoms with Gasteiger partial charge in [0, 0.05) is 18.4 Å². The van der Waals surface area contributed by atoms with Gasteiger partial charge in [0.25, 0.3) is 0 Å². The van der Waals surface area contributed by atoms with E-state index in [4.69, 9.17) is 5.73 Å². The average molecular weight is 288 g/mol. The van der Waals surface area contributed by atoms with Crippen LogP contribution in [0.25, 0.3) is 10.9 Å². The number of unbranched alkanes of at least 4 members (excludes halogenated alkanes) is 3. The van der Waals surface area contributed by atoms with E-state index in [1.165, 1.54) is 6.20 Å². The molecule has 112 valence electrons. The monoisotopic (exact) mass is 288 g/mol. The number of aryl methyl sites for hydroxylation is 1. The summed E-state index contributed by atoms with van der Waals surface area (Å²) in [6, 6.07) is 5.20. The highest BCUT2D eigenvalue weighted by Crippen LogP contribution is 2.19. The van der Waals surface area contributed by atoms with E-state index in [0.717, 1.165) is 25.7 Å². The van der Waals surface area contributed by atoms with Crippen LogP contribution in [0.1, 0.15) is 43.0 Å². The van der Waals surface area contributed by atoms with Crippen LogP contribution in [0.15, 0.2) is 29.2 Å². The van der Waals surface area contributed by atoms with Crippen molar-refractivity contribution in [2.24, 2.45) is 0 Å². The van der Waals surface area contributed by atoms with E-state index in [1.807, 2.05) is 4.57 Å². The lowest BCUT2D eigenvalue weighted by atomic mass is 10.1. The zero-order valence-electron chi connectivity index (χ0n) is 12.1. The quantitative estimate of drug-likeness (QED) is 0.632. The first-order valence-electron chi connectivity index (χ1n) is 7.21. The van der Waals surface area contributed by atoms with Crippen molar-refractivity contribution in [1.82, 2.24) is 4.57 Å².